The van der Waals surface area contributed by atoms with Gasteiger partial charge in [0.2, 0.25) is 4.71 Å². The van der Waals surface area contributed by atoms with Gasteiger partial charge in [0.05, 0.1) is 6.26 Å². The summed E-state index contributed by atoms with van der Waals surface area (Å²) in [7, 11) is -2.25. The smallest absolute Gasteiger partial charge is 0.257 e. The van der Waals surface area contributed by atoms with Crippen molar-refractivity contribution in [1.29, 1.82) is 0 Å². The van der Waals surface area contributed by atoms with Crippen LogP contribution in [0.2, 0.25) is 0 Å². The van der Waals surface area contributed by atoms with Gasteiger partial charge in [-0.15, -0.1) is 0 Å². The van der Waals surface area contributed by atoms with Gasteiger partial charge >= 0.3 is 0 Å². The molecule has 0 aliphatic heterocycles. The Labute approximate surface area is 53.1 Å². The Morgan fingerprint density at radius 3 is 2.44 bits per heavy atom. The SMILES string of the molecule is O=S(=O)=c1cccco1. The zero-order chi connectivity index (χ0) is 6.69. The van der Waals surface area contributed by atoms with Gasteiger partial charge in [-0.1, -0.05) is 6.07 Å². The van der Waals surface area contributed by atoms with E-state index < -0.39 is 10.3 Å². The maximum Gasteiger partial charge on any atom is 0.257 e. The molecule has 1 aromatic heterocycles. The zero-order valence-electron chi connectivity index (χ0n) is 4.44. The van der Waals surface area contributed by atoms with Gasteiger partial charge in [-0.05, 0) is 12.1 Å². The lowest BCUT2D eigenvalue weighted by atomic mass is 10.5. The molecular formula is C5H4O3S. The monoisotopic (exact) mass is 144 g/mol. The summed E-state index contributed by atoms with van der Waals surface area (Å²) in [6.45, 7) is 0. The fraction of sp³-hybridized carbons (Fsp3) is 0. The van der Waals surface area contributed by atoms with Crippen molar-refractivity contribution in [3.05, 3.63) is 29.2 Å². The Bertz CT molecular complexity index is 321. The molecule has 0 aromatic carbocycles. The van der Waals surface area contributed by atoms with Crippen molar-refractivity contribution in [2.24, 2.45) is 0 Å². The standard InChI is InChI=1S/C5H4O3S/c6-9(7)5-3-1-2-4-8-5/h1-4H. The third-order valence-electron chi connectivity index (χ3n) is 0.770. The second-order valence-corrected chi connectivity index (χ2v) is 2.23. The first kappa shape index (κ1) is 6.10. The van der Waals surface area contributed by atoms with Crippen LogP contribution in [0.4, 0.5) is 0 Å². The lowest BCUT2D eigenvalue weighted by Gasteiger charge is -1.75. The molecule has 0 radical (unpaired) electrons. The highest BCUT2D eigenvalue weighted by Crippen LogP contribution is 1.85. The van der Waals surface area contributed by atoms with Crippen LogP contribution < -0.4 is 0 Å². The van der Waals surface area contributed by atoms with E-state index in [1.807, 2.05) is 0 Å². The molecule has 0 saturated heterocycles. The predicted molar refractivity (Wildman–Crippen MR) is 30.9 cm³/mol. The first-order valence-corrected chi connectivity index (χ1v) is 3.34. The van der Waals surface area contributed by atoms with Crippen LogP contribution in [-0.2, 0) is 10.3 Å². The molecule has 0 aliphatic rings. The maximum atomic E-state index is 10.1. The van der Waals surface area contributed by atoms with E-state index in [4.69, 9.17) is 0 Å². The van der Waals surface area contributed by atoms with Crippen molar-refractivity contribution in [3.63, 3.8) is 0 Å². The van der Waals surface area contributed by atoms with Crippen LogP contribution in [0.3, 0.4) is 0 Å². The minimum atomic E-state index is -2.25. The molecule has 0 bridgehead atoms. The number of rotatable bonds is 0. The second kappa shape index (κ2) is 2.50. The van der Waals surface area contributed by atoms with E-state index in [0.717, 1.165) is 0 Å². The Balaban J connectivity index is 3.67. The number of hydrogen-bond acceptors (Lipinski definition) is 3. The van der Waals surface area contributed by atoms with Gasteiger partial charge < -0.3 is 4.42 Å². The summed E-state index contributed by atoms with van der Waals surface area (Å²) in [5.41, 5.74) is 0. The van der Waals surface area contributed by atoms with E-state index in [1.54, 1.807) is 12.1 Å². The molecule has 3 nitrogen and oxygen atoms in total. The molecule has 0 saturated carbocycles. The molecule has 0 amide bonds. The molecule has 48 valence electrons. The molecule has 0 unspecified atom stereocenters. The Morgan fingerprint density at radius 2 is 2.11 bits per heavy atom. The molecule has 1 rings (SSSR count). The van der Waals surface area contributed by atoms with Gasteiger partial charge in [0.1, 0.15) is 0 Å². The molecule has 9 heavy (non-hydrogen) atoms. The summed E-state index contributed by atoms with van der Waals surface area (Å²) >= 11 is 0. The Morgan fingerprint density at radius 1 is 1.33 bits per heavy atom. The lowest BCUT2D eigenvalue weighted by Crippen LogP contribution is -1.64. The van der Waals surface area contributed by atoms with Crippen LogP contribution in [-0.4, -0.2) is 8.42 Å². The van der Waals surface area contributed by atoms with Gasteiger partial charge in [0, 0.05) is 0 Å². The average Bonchev–Trinajstić information content (AvgIpc) is 1.90. The minimum Gasteiger partial charge on any atom is -0.449 e. The summed E-state index contributed by atoms with van der Waals surface area (Å²) in [5.74, 6) is 0. The average molecular weight is 144 g/mol. The molecule has 4 heteroatoms. The molecule has 0 fully saturated rings. The van der Waals surface area contributed by atoms with Crippen LogP contribution in [0.1, 0.15) is 0 Å². The van der Waals surface area contributed by atoms with Crippen LogP contribution in [0.5, 0.6) is 0 Å². The molecule has 0 atom stereocenters. The summed E-state index contributed by atoms with van der Waals surface area (Å²) in [5, 5.41) is 0. The normalized spacial score (nSPS) is 8.89. The highest BCUT2D eigenvalue weighted by Gasteiger charge is 1.77. The predicted octanol–water partition coefficient (Wildman–Crippen LogP) is 0.691. The van der Waals surface area contributed by atoms with E-state index in [1.165, 1.54) is 12.3 Å². The first-order chi connectivity index (χ1) is 4.30. The van der Waals surface area contributed by atoms with Gasteiger partial charge in [-0.3, -0.25) is 0 Å². The van der Waals surface area contributed by atoms with Gasteiger partial charge in [-0.25, -0.2) is 0 Å². The van der Waals surface area contributed by atoms with Gasteiger partial charge in [0.15, 0.2) is 0 Å². The summed E-state index contributed by atoms with van der Waals surface area (Å²) in [6, 6.07) is 4.58. The quantitative estimate of drug-likeness (QED) is 0.503. The van der Waals surface area contributed by atoms with Crippen molar-refractivity contribution in [1.82, 2.24) is 0 Å². The van der Waals surface area contributed by atoms with Crippen molar-refractivity contribution in [3.8, 4) is 0 Å². The summed E-state index contributed by atoms with van der Waals surface area (Å²) in [4.78, 5) is 0. The highest BCUT2D eigenvalue weighted by molar-refractivity contribution is 7.63. The maximum absolute atomic E-state index is 10.1. The third kappa shape index (κ3) is 1.43. The topological polar surface area (TPSA) is 47.3 Å². The van der Waals surface area contributed by atoms with E-state index in [2.05, 4.69) is 4.42 Å². The Kier molecular flexibility index (Phi) is 1.69. The van der Waals surface area contributed by atoms with Crippen molar-refractivity contribution in [2.45, 2.75) is 0 Å². The molecule has 0 aliphatic carbocycles. The fourth-order valence-electron chi connectivity index (χ4n) is 0.420. The molecule has 1 aromatic rings. The van der Waals surface area contributed by atoms with Crippen molar-refractivity contribution < 1.29 is 12.8 Å². The van der Waals surface area contributed by atoms with Crippen molar-refractivity contribution >= 4 is 10.3 Å². The molecular weight excluding hydrogens is 140 g/mol. The van der Waals surface area contributed by atoms with Crippen LogP contribution in [0.15, 0.2) is 28.9 Å². The van der Waals surface area contributed by atoms with E-state index in [-0.39, 0.29) is 4.71 Å². The van der Waals surface area contributed by atoms with Crippen LogP contribution in [0.25, 0.3) is 0 Å². The third-order valence-corrected chi connectivity index (χ3v) is 1.33. The van der Waals surface area contributed by atoms with Crippen molar-refractivity contribution in [2.75, 3.05) is 0 Å². The summed E-state index contributed by atoms with van der Waals surface area (Å²) < 4.78 is 24.7. The van der Waals surface area contributed by atoms with E-state index >= 15 is 0 Å². The highest BCUT2D eigenvalue weighted by atomic mass is 32.2. The Hall–Kier alpha value is -1.03. The minimum absolute atomic E-state index is 0.0440. The second-order valence-electron chi connectivity index (χ2n) is 1.36. The van der Waals surface area contributed by atoms with E-state index in [0.29, 0.717) is 0 Å². The van der Waals surface area contributed by atoms with Crippen LogP contribution >= 0.6 is 0 Å². The molecule has 0 spiro atoms. The molecule has 1 heterocycles. The fourth-order valence-corrected chi connectivity index (χ4v) is 0.744. The van der Waals surface area contributed by atoms with E-state index in [9.17, 15) is 8.42 Å². The zero-order valence-corrected chi connectivity index (χ0v) is 5.26. The molecule has 0 N–H and O–H groups in total. The lowest BCUT2D eigenvalue weighted by molar-refractivity contribution is 0.524. The first-order valence-electron chi connectivity index (χ1n) is 2.27. The largest absolute Gasteiger partial charge is 0.449 e. The van der Waals surface area contributed by atoms with Gasteiger partial charge in [0.25, 0.3) is 10.3 Å². The van der Waals surface area contributed by atoms with Crippen LogP contribution in [0, 0.1) is 4.71 Å². The van der Waals surface area contributed by atoms with Gasteiger partial charge in [-0.2, -0.15) is 8.42 Å². The number of hydrogen-bond donors (Lipinski definition) is 0. The summed E-state index contributed by atoms with van der Waals surface area (Å²) in [6.07, 6.45) is 1.31.